The van der Waals surface area contributed by atoms with Crippen LogP contribution in [0.25, 0.3) is 0 Å². The van der Waals surface area contributed by atoms with E-state index >= 15 is 0 Å². The van der Waals surface area contributed by atoms with E-state index in [1.165, 1.54) is 30.6 Å². The molecule has 1 aromatic carbocycles. The number of rotatable bonds is 10. The standard InChI is InChI=1S/C17H28BrNS/c1-4-6-14(3)12-16(19-11-5-2)13-20-17-9-7-15(18)8-10-17/h7-10,14,16,19H,4-6,11-13H2,1-3H3. The maximum Gasteiger partial charge on any atom is 0.0176 e. The highest BCUT2D eigenvalue weighted by atomic mass is 79.9. The largest absolute Gasteiger partial charge is 0.313 e. The maximum atomic E-state index is 3.71. The average Bonchev–Trinajstić information content (AvgIpc) is 2.44. The van der Waals surface area contributed by atoms with Crippen molar-refractivity contribution >= 4 is 27.7 Å². The third kappa shape index (κ3) is 7.70. The van der Waals surface area contributed by atoms with Gasteiger partial charge >= 0.3 is 0 Å². The van der Waals surface area contributed by atoms with E-state index < -0.39 is 0 Å². The molecular formula is C17H28BrNS. The van der Waals surface area contributed by atoms with Crippen LogP contribution in [0.2, 0.25) is 0 Å². The molecule has 0 spiro atoms. The second-order valence-corrected chi connectivity index (χ2v) is 7.55. The highest BCUT2D eigenvalue weighted by Gasteiger charge is 2.12. The van der Waals surface area contributed by atoms with Crippen LogP contribution in [0.3, 0.4) is 0 Å². The van der Waals surface area contributed by atoms with Crippen LogP contribution >= 0.6 is 27.7 Å². The molecule has 0 saturated carbocycles. The van der Waals surface area contributed by atoms with Gasteiger partial charge in [-0.15, -0.1) is 11.8 Å². The van der Waals surface area contributed by atoms with Crippen LogP contribution in [-0.2, 0) is 0 Å². The minimum Gasteiger partial charge on any atom is -0.313 e. The average molecular weight is 358 g/mol. The molecule has 0 aliphatic rings. The lowest BCUT2D eigenvalue weighted by Gasteiger charge is -2.22. The van der Waals surface area contributed by atoms with Gasteiger partial charge in [-0.3, -0.25) is 0 Å². The first-order chi connectivity index (χ1) is 9.65. The van der Waals surface area contributed by atoms with Gasteiger partial charge in [0.05, 0.1) is 0 Å². The zero-order chi connectivity index (χ0) is 14.8. The molecule has 0 aliphatic heterocycles. The van der Waals surface area contributed by atoms with Crippen LogP contribution in [0.5, 0.6) is 0 Å². The monoisotopic (exact) mass is 357 g/mol. The molecule has 2 atom stereocenters. The summed E-state index contributed by atoms with van der Waals surface area (Å²) in [7, 11) is 0. The topological polar surface area (TPSA) is 12.0 Å². The number of halogens is 1. The first-order valence-corrected chi connectivity index (χ1v) is 9.55. The predicted molar refractivity (Wildman–Crippen MR) is 95.6 cm³/mol. The van der Waals surface area contributed by atoms with E-state index in [1.807, 2.05) is 11.8 Å². The normalized spacial score (nSPS) is 14.2. The van der Waals surface area contributed by atoms with Crippen molar-refractivity contribution in [3.8, 4) is 0 Å². The predicted octanol–water partition coefficient (Wildman–Crippen LogP) is 5.74. The fourth-order valence-electron chi connectivity index (χ4n) is 2.38. The first kappa shape index (κ1) is 18.1. The second kappa shape index (κ2) is 10.7. The smallest absolute Gasteiger partial charge is 0.0176 e. The fourth-order valence-corrected chi connectivity index (χ4v) is 3.62. The van der Waals surface area contributed by atoms with Gasteiger partial charge in [0.25, 0.3) is 0 Å². The maximum absolute atomic E-state index is 3.71. The molecule has 2 unspecified atom stereocenters. The quantitative estimate of drug-likeness (QED) is 0.536. The summed E-state index contributed by atoms with van der Waals surface area (Å²) in [5.74, 6) is 1.98. The minimum atomic E-state index is 0.630. The van der Waals surface area contributed by atoms with E-state index in [9.17, 15) is 0 Å². The Labute approximate surface area is 137 Å². The molecule has 0 radical (unpaired) electrons. The third-order valence-electron chi connectivity index (χ3n) is 3.42. The lowest BCUT2D eigenvalue weighted by Crippen LogP contribution is -2.33. The highest BCUT2D eigenvalue weighted by molar-refractivity contribution is 9.10. The number of thioether (sulfide) groups is 1. The molecule has 0 aliphatic carbocycles. The molecule has 3 heteroatoms. The van der Waals surface area contributed by atoms with Crippen LogP contribution in [0.1, 0.15) is 46.5 Å². The molecule has 1 aromatic rings. The van der Waals surface area contributed by atoms with Crippen molar-refractivity contribution in [2.24, 2.45) is 5.92 Å². The summed E-state index contributed by atoms with van der Waals surface area (Å²) in [5, 5.41) is 3.71. The summed E-state index contributed by atoms with van der Waals surface area (Å²) < 4.78 is 1.15. The minimum absolute atomic E-state index is 0.630. The number of benzene rings is 1. The highest BCUT2D eigenvalue weighted by Crippen LogP contribution is 2.23. The number of hydrogen-bond donors (Lipinski definition) is 1. The first-order valence-electron chi connectivity index (χ1n) is 7.77. The van der Waals surface area contributed by atoms with Crippen molar-refractivity contribution < 1.29 is 0 Å². The summed E-state index contributed by atoms with van der Waals surface area (Å²) in [6.07, 6.45) is 5.13. The van der Waals surface area contributed by atoms with E-state index in [2.05, 4.69) is 66.3 Å². The molecule has 0 bridgehead atoms. The van der Waals surface area contributed by atoms with Gasteiger partial charge in [0.2, 0.25) is 0 Å². The van der Waals surface area contributed by atoms with Gasteiger partial charge in [0.15, 0.2) is 0 Å². The summed E-state index contributed by atoms with van der Waals surface area (Å²) in [5.41, 5.74) is 0. The van der Waals surface area contributed by atoms with Gasteiger partial charge in [0, 0.05) is 21.2 Å². The van der Waals surface area contributed by atoms with Crippen LogP contribution in [0.4, 0.5) is 0 Å². The van der Waals surface area contributed by atoms with Crippen LogP contribution in [0.15, 0.2) is 33.6 Å². The second-order valence-electron chi connectivity index (χ2n) is 5.55. The van der Waals surface area contributed by atoms with Gasteiger partial charge in [-0.1, -0.05) is 49.5 Å². The summed E-state index contributed by atoms with van der Waals surface area (Å²) in [6.45, 7) is 8.03. The van der Waals surface area contributed by atoms with E-state index in [0.717, 1.165) is 22.7 Å². The molecule has 1 rings (SSSR count). The fraction of sp³-hybridized carbons (Fsp3) is 0.647. The number of nitrogens with one attached hydrogen (secondary N) is 1. The van der Waals surface area contributed by atoms with E-state index in [4.69, 9.17) is 0 Å². The van der Waals surface area contributed by atoms with Gasteiger partial charge in [0.1, 0.15) is 0 Å². The van der Waals surface area contributed by atoms with Crippen molar-refractivity contribution in [3.63, 3.8) is 0 Å². The molecule has 1 N–H and O–H groups in total. The molecule has 1 nitrogen and oxygen atoms in total. The Morgan fingerprint density at radius 2 is 1.85 bits per heavy atom. The van der Waals surface area contributed by atoms with Crippen molar-refractivity contribution in [2.75, 3.05) is 12.3 Å². The van der Waals surface area contributed by atoms with Crippen LogP contribution in [0, 0.1) is 5.92 Å². The van der Waals surface area contributed by atoms with Crippen LogP contribution in [-0.4, -0.2) is 18.3 Å². The zero-order valence-corrected chi connectivity index (χ0v) is 15.4. The Morgan fingerprint density at radius 1 is 1.15 bits per heavy atom. The molecule has 0 saturated heterocycles. The van der Waals surface area contributed by atoms with Gasteiger partial charge in [-0.2, -0.15) is 0 Å². The Hall–Kier alpha value is 0.01000. The van der Waals surface area contributed by atoms with Crippen molar-refractivity contribution in [1.29, 1.82) is 0 Å². The molecule has 0 fully saturated rings. The number of hydrogen-bond acceptors (Lipinski definition) is 2. The Bertz CT molecular complexity index is 353. The lowest BCUT2D eigenvalue weighted by molar-refractivity contribution is 0.404. The molecule has 0 heterocycles. The SMILES string of the molecule is CCCNC(CSc1ccc(Br)cc1)CC(C)CCC. The zero-order valence-electron chi connectivity index (χ0n) is 13.0. The van der Waals surface area contributed by atoms with E-state index in [-0.39, 0.29) is 0 Å². The van der Waals surface area contributed by atoms with Crippen molar-refractivity contribution in [3.05, 3.63) is 28.7 Å². The van der Waals surface area contributed by atoms with Gasteiger partial charge in [-0.25, -0.2) is 0 Å². The van der Waals surface area contributed by atoms with Crippen LogP contribution < -0.4 is 5.32 Å². The molecule has 20 heavy (non-hydrogen) atoms. The van der Waals surface area contributed by atoms with Crippen molar-refractivity contribution in [1.82, 2.24) is 5.32 Å². The van der Waals surface area contributed by atoms with E-state index in [1.54, 1.807) is 0 Å². The van der Waals surface area contributed by atoms with Gasteiger partial charge in [-0.05, 0) is 49.6 Å². The van der Waals surface area contributed by atoms with Gasteiger partial charge < -0.3 is 5.32 Å². The third-order valence-corrected chi connectivity index (χ3v) is 5.12. The Kier molecular flexibility index (Phi) is 9.66. The van der Waals surface area contributed by atoms with E-state index in [0.29, 0.717) is 6.04 Å². The lowest BCUT2D eigenvalue weighted by atomic mass is 9.98. The Balaban J connectivity index is 2.44. The molecule has 0 aromatic heterocycles. The molecule has 0 amide bonds. The molecule has 114 valence electrons. The summed E-state index contributed by atoms with van der Waals surface area (Å²) >= 11 is 5.45. The summed E-state index contributed by atoms with van der Waals surface area (Å²) in [6, 6.07) is 9.26. The Morgan fingerprint density at radius 3 is 2.45 bits per heavy atom. The van der Waals surface area contributed by atoms with Crippen molar-refractivity contribution in [2.45, 2.75) is 57.4 Å². The molecular weight excluding hydrogens is 330 g/mol. The summed E-state index contributed by atoms with van der Waals surface area (Å²) in [4.78, 5) is 1.36.